The van der Waals surface area contributed by atoms with Gasteiger partial charge in [-0.25, -0.2) is 14.2 Å². The number of carboxylic acid groups (broad SMARTS) is 1. The highest BCUT2D eigenvalue weighted by Gasteiger charge is 2.35. The zero-order valence-electron chi connectivity index (χ0n) is 15.8. The minimum Gasteiger partial charge on any atom is -0.489 e. The molecule has 30 heavy (non-hydrogen) atoms. The lowest BCUT2D eigenvalue weighted by molar-refractivity contribution is -0.137. The molecule has 1 N–H and O–H groups in total. The largest absolute Gasteiger partial charge is 0.489 e. The van der Waals surface area contributed by atoms with Crippen molar-refractivity contribution in [1.29, 1.82) is 0 Å². The van der Waals surface area contributed by atoms with Crippen molar-refractivity contribution in [3.63, 3.8) is 0 Å². The van der Waals surface area contributed by atoms with Crippen LogP contribution in [0.4, 0.5) is 23.4 Å². The molecule has 0 bridgehead atoms. The van der Waals surface area contributed by atoms with Crippen molar-refractivity contribution in [2.24, 2.45) is 0 Å². The summed E-state index contributed by atoms with van der Waals surface area (Å²) in [6.45, 7) is -0.104. The Balaban J connectivity index is 1.71. The molecule has 2 aromatic rings. The Labute approximate surface area is 170 Å². The fraction of sp³-hybridized carbons (Fsp3) is 0.400. The van der Waals surface area contributed by atoms with E-state index in [1.54, 1.807) is 6.07 Å². The molecule has 10 heteroatoms. The SMILES string of the molecule is O=C(O)c1ccc(N2C[C@H](Oc3ccc(C(F)(F)F)cc3)C[C@H]2COCCF)nc1. The number of alkyl halides is 4. The topological polar surface area (TPSA) is 71.9 Å². The molecule has 2 heterocycles. The van der Waals surface area contributed by atoms with Gasteiger partial charge >= 0.3 is 12.1 Å². The quantitative estimate of drug-likeness (QED) is 0.509. The average molecular weight is 428 g/mol. The minimum absolute atomic E-state index is 0.0423. The van der Waals surface area contributed by atoms with Crippen LogP contribution in [0.1, 0.15) is 22.3 Å². The molecule has 162 valence electrons. The molecule has 0 saturated carbocycles. The minimum atomic E-state index is -4.42. The van der Waals surface area contributed by atoms with Crippen molar-refractivity contribution in [1.82, 2.24) is 4.98 Å². The molecule has 0 unspecified atom stereocenters. The lowest BCUT2D eigenvalue weighted by Gasteiger charge is -2.25. The van der Waals surface area contributed by atoms with Crippen LogP contribution in [-0.2, 0) is 10.9 Å². The maximum atomic E-state index is 12.7. The predicted octanol–water partition coefficient (Wildman–Crippen LogP) is 3.81. The average Bonchev–Trinajstić information content (AvgIpc) is 3.10. The van der Waals surface area contributed by atoms with Crippen molar-refractivity contribution in [2.75, 3.05) is 31.3 Å². The highest BCUT2D eigenvalue weighted by atomic mass is 19.4. The number of hydrogen-bond donors (Lipinski definition) is 1. The van der Waals surface area contributed by atoms with Crippen LogP contribution in [0.3, 0.4) is 0 Å². The van der Waals surface area contributed by atoms with Crippen molar-refractivity contribution in [3.8, 4) is 5.75 Å². The van der Waals surface area contributed by atoms with Crippen molar-refractivity contribution < 1.29 is 36.9 Å². The van der Waals surface area contributed by atoms with Gasteiger partial charge in [0.2, 0.25) is 0 Å². The van der Waals surface area contributed by atoms with E-state index in [2.05, 4.69) is 4.98 Å². The fourth-order valence-electron chi connectivity index (χ4n) is 3.27. The number of aromatic nitrogens is 1. The summed E-state index contributed by atoms with van der Waals surface area (Å²) in [5.41, 5.74) is -0.719. The molecule has 0 amide bonds. The van der Waals surface area contributed by atoms with Crippen LogP contribution in [0, 0.1) is 0 Å². The molecule has 1 saturated heterocycles. The Kier molecular flexibility index (Phi) is 6.76. The third-order valence-electron chi connectivity index (χ3n) is 4.68. The summed E-state index contributed by atoms with van der Waals surface area (Å²) >= 11 is 0. The molecule has 1 aromatic heterocycles. The van der Waals surface area contributed by atoms with Gasteiger partial charge in [-0.3, -0.25) is 0 Å². The number of benzene rings is 1. The molecule has 0 radical (unpaired) electrons. The zero-order valence-corrected chi connectivity index (χ0v) is 15.8. The molecule has 1 aliphatic heterocycles. The van der Waals surface area contributed by atoms with E-state index in [0.717, 1.165) is 12.1 Å². The number of halogens is 4. The first-order valence-electron chi connectivity index (χ1n) is 9.21. The summed E-state index contributed by atoms with van der Waals surface area (Å²) in [6, 6.07) is 7.21. The van der Waals surface area contributed by atoms with Gasteiger partial charge in [0.15, 0.2) is 0 Å². The second-order valence-corrected chi connectivity index (χ2v) is 6.78. The lowest BCUT2D eigenvalue weighted by Crippen LogP contribution is -2.34. The maximum Gasteiger partial charge on any atom is 0.416 e. The Morgan fingerprint density at radius 1 is 1.20 bits per heavy atom. The molecule has 0 aliphatic carbocycles. The first kappa shape index (κ1) is 21.8. The number of aromatic carboxylic acids is 1. The summed E-state index contributed by atoms with van der Waals surface area (Å²) in [5, 5.41) is 9.01. The zero-order chi connectivity index (χ0) is 21.7. The van der Waals surface area contributed by atoms with Gasteiger partial charge in [-0.2, -0.15) is 13.2 Å². The van der Waals surface area contributed by atoms with Gasteiger partial charge in [0.25, 0.3) is 0 Å². The third-order valence-corrected chi connectivity index (χ3v) is 4.68. The molecule has 3 rings (SSSR count). The number of hydrogen-bond acceptors (Lipinski definition) is 5. The second-order valence-electron chi connectivity index (χ2n) is 6.78. The van der Waals surface area contributed by atoms with E-state index in [0.29, 0.717) is 24.5 Å². The van der Waals surface area contributed by atoms with E-state index in [9.17, 15) is 22.4 Å². The molecule has 1 aliphatic rings. The first-order chi connectivity index (χ1) is 14.3. The van der Waals surface area contributed by atoms with Crippen LogP contribution in [0.15, 0.2) is 42.6 Å². The van der Waals surface area contributed by atoms with Crippen molar-refractivity contribution in [3.05, 3.63) is 53.7 Å². The van der Waals surface area contributed by atoms with E-state index in [-0.39, 0.29) is 30.9 Å². The number of pyridine rings is 1. The molecular weight excluding hydrogens is 408 g/mol. The van der Waals surface area contributed by atoms with Gasteiger partial charge in [-0.05, 0) is 36.4 Å². The second kappa shape index (κ2) is 9.29. The van der Waals surface area contributed by atoms with Crippen molar-refractivity contribution in [2.45, 2.75) is 24.7 Å². The van der Waals surface area contributed by atoms with Crippen molar-refractivity contribution >= 4 is 11.8 Å². The van der Waals surface area contributed by atoms with Gasteiger partial charge < -0.3 is 19.5 Å². The Morgan fingerprint density at radius 2 is 1.93 bits per heavy atom. The van der Waals surface area contributed by atoms with Gasteiger partial charge in [0, 0.05) is 12.6 Å². The van der Waals surface area contributed by atoms with Gasteiger partial charge in [0.05, 0.1) is 36.9 Å². The Morgan fingerprint density at radius 3 is 2.50 bits per heavy atom. The highest BCUT2D eigenvalue weighted by Crippen LogP contribution is 2.32. The van der Waals surface area contributed by atoms with Crippen LogP contribution in [0.5, 0.6) is 5.75 Å². The highest BCUT2D eigenvalue weighted by molar-refractivity contribution is 5.87. The monoisotopic (exact) mass is 428 g/mol. The lowest BCUT2D eigenvalue weighted by atomic mass is 10.2. The number of nitrogens with zero attached hydrogens (tertiary/aromatic N) is 2. The van der Waals surface area contributed by atoms with Gasteiger partial charge in [-0.1, -0.05) is 0 Å². The third kappa shape index (κ3) is 5.38. The number of anilines is 1. The van der Waals surface area contributed by atoms with E-state index < -0.39 is 24.4 Å². The Hall–Kier alpha value is -2.88. The fourth-order valence-corrected chi connectivity index (χ4v) is 3.27. The van der Waals surface area contributed by atoms with Crippen LogP contribution < -0.4 is 9.64 Å². The van der Waals surface area contributed by atoms with Crippen LogP contribution in [-0.4, -0.2) is 54.6 Å². The Bertz CT molecular complexity index is 843. The molecule has 0 spiro atoms. The molecule has 6 nitrogen and oxygen atoms in total. The smallest absolute Gasteiger partial charge is 0.416 e. The molecule has 1 fully saturated rings. The number of carboxylic acids is 1. The van der Waals surface area contributed by atoms with E-state index in [1.807, 2.05) is 4.90 Å². The molecule has 1 aromatic carbocycles. The van der Waals surface area contributed by atoms with Gasteiger partial charge in [-0.15, -0.1) is 0 Å². The van der Waals surface area contributed by atoms with Crippen LogP contribution in [0.2, 0.25) is 0 Å². The molecular formula is C20H20F4N2O4. The summed E-state index contributed by atoms with van der Waals surface area (Å²) in [5.74, 6) is -0.290. The van der Waals surface area contributed by atoms with E-state index in [1.165, 1.54) is 24.4 Å². The summed E-state index contributed by atoms with van der Waals surface area (Å²) in [7, 11) is 0. The van der Waals surface area contributed by atoms with E-state index in [4.69, 9.17) is 14.6 Å². The summed E-state index contributed by atoms with van der Waals surface area (Å²) < 4.78 is 61.6. The predicted molar refractivity (Wildman–Crippen MR) is 99.6 cm³/mol. The van der Waals surface area contributed by atoms with Crippen LogP contribution >= 0.6 is 0 Å². The summed E-state index contributed by atoms with van der Waals surface area (Å²) in [6.07, 6.45) is -3.06. The van der Waals surface area contributed by atoms with Gasteiger partial charge in [0.1, 0.15) is 24.3 Å². The number of ether oxygens (including phenoxy) is 2. The summed E-state index contributed by atoms with van der Waals surface area (Å²) in [4.78, 5) is 17.0. The number of carbonyl (C=O) groups is 1. The standard InChI is InChI=1S/C20H20F4N2O4/c21-7-8-29-12-15-9-17(30-16-4-2-14(3-5-16)20(22,23)24)11-26(15)18-6-1-13(10-25-18)19(27)28/h1-6,10,15,17H,7-9,11-12H2,(H,27,28)/t15-,17+/m0/s1. The van der Waals surface area contributed by atoms with Crippen LogP contribution in [0.25, 0.3) is 0 Å². The first-order valence-corrected chi connectivity index (χ1v) is 9.21. The maximum absolute atomic E-state index is 12.7. The molecule has 2 atom stereocenters. The number of rotatable bonds is 8. The normalized spacial score (nSPS) is 19.1. The van der Waals surface area contributed by atoms with E-state index >= 15 is 0 Å².